The molecular weight excluding hydrogens is 232 g/mol. The molecule has 1 aromatic rings. The lowest BCUT2D eigenvalue weighted by atomic mass is 10.0. The van der Waals surface area contributed by atoms with Gasteiger partial charge in [-0.05, 0) is 17.5 Å². The second-order valence-corrected chi connectivity index (χ2v) is 4.78. The Balaban J connectivity index is 2.21. The Morgan fingerprint density at radius 1 is 1.39 bits per heavy atom. The molecule has 0 bridgehead atoms. The summed E-state index contributed by atoms with van der Waals surface area (Å²) >= 11 is 0. The number of carboxylic acid groups (broad SMARTS) is 1. The lowest BCUT2D eigenvalue weighted by molar-refractivity contribution is -0.156. The van der Waals surface area contributed by atoms with Crippen molar-refractivity contribution in [3.8, 4) is 0 Å². The number of nitrogens with zero attached hydrogens (tertiary/aromatic N) is 2. The Morgan fingerprint density at radius 2 is 2.11 bits per heavy atom. The van der Waals surface area contributed by atoms with Crippen LogP contribution in [0.5, 0.6) is 0 Å². The van der Waals surface area contributed by atoms with E-state index in [9.17, 15) is 9.59 Å². The van der Waals surface area contributed by atoms with Crippen molar-refractivity contribution in [1.82, 2.24) is 9.88 Å². The Morgan fingerprint density at radius 3 is 2.72 bits per heavy atom. The van der Waals surface area contributed by atoms with E-state index >= 15 is 0 Å². The molecule has 0 saturated carbocycles. The van der Waals surface area contributed by atoms with E-state index in [0.29, 0.717) is 25.4 Å². The van der Waals surface area contributed by atoms with E-state index < -0.39 is 11.9 Å². The maximum Gasteiger partial charge on any atom is 0.394 e. The third kappa shape index (κ3) is 2.34. The van der Waals surface area contributed by atoms with Gasteiger partial charge in [-0.2, -0.15) is 0 Å². The highest BCUT2D eigenvalue weighted by Crippen LogP contribution is 2.20. The smallest absolute Gasteiger partial charge is 0.394 e. The van der Waals surface area contributed by atoms with Crippen LogP contribution in [-0.2, 0) is 22.6 Å². The molecule has 1 N–H and O–H groups in total. The van der Waals surface area contributed by atoms with Gasteiger partial charge < -0.3 is 10.0 Å². The molecule has 0 aromatic carbocycles. The predicted octanol–water partition coefficient (Wildman–Crippen LogP) is 1.17. The molecule has 96 valence electrons. The molecule has 0 atom stereocenters. The quantitative estimate of drug-likeness (QED) is 0.757. The molecule has 1 aliphatic rings. The van der Waals surface area contributed by atoms with Gasteiger partial charge in [-0.25, -0.2) is 4.79 Å². The fraction of sp³-hybridized carbons (Fsp3) is 0.462. The molecule has 5 heteroatoms. The van der Waals surface area contributed by atoms with E-state index in [2.05, 4.69) is 18.8 Å². The van der Waals surface area contributed by atoms with Gasteiger partial charge >= 0.3 is 11.9 Å². The molecular formula is C13H16N2O3. The molecule has 0 aliphatic carbocycles. The highest BCUT2D eigenvalue weighted by molar-refractivity contribution is 6.31. The molecule has 0 fully saturated rings. The number of carbonyl (C=O) groups is 2. The van der Waals surface area contributed by atoms with E-state index in [4.69, 9.17) is 5.11 Å². The van der Waals surface area contributed by atoms with E-state index in [1.807, 2.05) is 12.1 Å². The molecule has 5 nitrogen and oxygen atoms in total. The van der Waals surface area contributed by atoms with Crippen LogP contribution in [-0.4, -0.2) is 33.4 Å². The SMILES string of the molecule is CC(C)c1ccc2c(n1)CCN(C(=O)C(=O)O)C2. The first-order valence-electron chi connectivity index (χ1n) is 6.00. The number of aliphatic carboxylic acids is 1. The van der Waals surface area contributed by atoms with Gasteiger partial charge in [0, 0.05) is 30.9 Å². The number of hydrogen-bond donors (Lipinski definition) is 1. The summed E-state index contributed by atoms with van der Waals surface area (Å²) in [6.45, 7) is 4.92. The second kappa shape index (κ2) is 4.76. The van der Waals surface area contributed by atoms with Gasteiger partial charge in [-0.15, -0.1) is 0 Å². The lowest BCUT2D eigenvalue weighted by Gasteiger charge is -2.27. The minimum atomic E-state index is -1.40. The summed E-state index contributed by atoms with van der Waals surface area (Å²) in [5, 5.41) is 8.69. The normalized spacial score (nSPS) is 14.5. The Kier molecular flexibility index (Phi) is 3.32. The zero-order valence-corrected chi connectivity index (χ0v) is 10.5. The minimum absolute atomic E-state index is 0.339. The molecule has 0 radical (unpaired) electrons. The maximum absolute atomic E-state index is 11.4. The van der Waals surface area contributed by atoms with Crippen LogP contribution in [0.25, 0.3) is 0 Å². The number of hydrogen-bond acceptors (Lipinski definition) is 3. The van der Waals surface area contributed by atoms with Gasteiger partial charge in [-0.3, -0.25) is 9.78 Å². The summed E-state index contributed by atoms with van der Waals surface area (Å²) in [7, 11) is 0. The summed E-state index contributed by atoms with van der Waals surface area (Å²) in [6, 6.07) is 3.89. The molecule has 0 spiro atoms. The van der Waals surface area contributed by atoms with Crippen molar-refractivity contribution in [2.24, 2.45) is 0 Å². The Hall–Kier alpha value is -1.91. The molecule has 2 rings (SSSR count). The fourth-order valence-corrected chi connectivity index (χ4v) is 2.06. The van der Waals surface area contributed by atoms with E-state index in [-0.39, 0.29) is 0 Å². The van der Waals surface area contributed by atoms with Gasteiger partial charge in [0.2, 0.25) is 0 Å². The third-order valence-corrected chi connectivity index (χ3v) is 3.13. The van der Waals surface area contributed by atoms with E-state index in [0.717, 1.165) is 17.0 Å². The van der Waals surface area contributed by atoms with Crippen molar-refractivity contribution in [2.45, 2.75) is 32.7 Å². The van der Waals surface area contributed by atoms with Crippen LogP contribution >= 0.6 is 0 Å². The van der Waals surface area contributed by atoms with Crippen LogP contribution in [0.2, 0.25) is 0 Å². The predicted molar refractivity (Wildman–Crippen MR) is 65.1 cm³/mol. The fourth-order valence-electron chi connectivity index (χ4n) is 2.06. The second-order valence-electron chi connectivity index (χ2n) is 4.78. The van der Waals surface area contributed by atoms with Gasteiger partial charge in [0.25, 0.3) is 0 Å². The van der Waals surface area contributed by atoms with Crippen LogP contribution in [0.4, 0.5) is 0 Å². The minimum Gasteiger partial charge on any atom is -0.474 e. The average Bonchev–Trinajstić information content (AvgIpc) is 2.36. The Labute approximate surface area is 105 Å². The maximum atomic E-state index is 11.4. The number of carbonyl (C=O) groups excluding carboxylic acids is 1. The summed E-state index contributed by atoms with van der Waals surface area (Å²) in [5.41, 5.74) is 2.96. The summed E-state index contributed by atoms with van der Waals surface area (Å²) in [4.78, 5) is 28.0. The largest absolute Gasteiger partial charge is 0.474 e. The number of aromatic nitrogens is 1. The van der Waals surface area contributed by atoms with Gasteiger partial charge in [-0.1, -0.05) is 19.9 Å². The van der Waals surface area contributed by atoms with E-state index in [1.165, 1.54) is 4.90 Å². The zero-order valence-electron chi connectivity index (χ0n) is 10.5. The first kappa shape index (κ1) is 12.5. The van der Waals surface area contributed by atoms with Crippen molar-refractivity contribution in [1.29, 1.82) is 0 Å². The van der Waals surface area contributed by atoms with Crippen molar-refractivity contribution in [2.75, 3.05) is 6.54 Å². The third-order valence-electron chi connectivity index (χ3n) is 3.13. The lowest BCUT2D eigenvalue weighted by Crippen LogP contribution is -2.40. The highest BCUT2D eigenvalue weighted by Gasteiger charge is 2.26. The van der Waals surface area contributed by atoms with Crippen LogP contribution < -0.4 is 0 Å². The first-order chi connectivity index (χ1) is 8.49. The van der Waals surface area contributed by atoms with Crippen molar-refractivity contribution in [3.05, 3.63) is 29.1 Å². The molecule has 2 heterocycles. The molecule has 0 unspecified atom stereocenters. The highest BCUT2D eigenvalue weighted by atomic mass is 16.4. The molecule has 1 amide bonds. The van der Waals surface area contributed by atoms with Crippen molar-refractivity contribution in [3.63, 3.8) is 0 Å². The van der Waals surface area contributed by atoms with Gasteiger partial charge in [0.15, 0.2) is 0 Å². The number of pyridine rings is 1. The number of fused-ring (bicyclic) bond motifs is 1. The van der Waals surface area contributed by atoms with Crippen LogP contribution in [0.1, 0.15) is 36.7 Å². The van der Waals surface area contributed by atoms with Gasteiger partial charge in [0.1, 0.15) is 0 Å². The number of amides is 1. The van der Waals surface area contributed by atoms with Crippen LogP contribution in [0, 0.1) is 0 Å². The summed E-state index contributed by atoms with van der Waals surface area (Å²) in [6.07, 6.45) is 0.620. The topological polar surface area (TPSA) is 70.5 Å². The van der Waals surface area contributed by atoms with E-state index in [1.54, 1.807) is 0 Å². The van der Waals surface area contributed by atoms with Crippen molar-refractivity contribution < 1.29 is 14.7 Å². The number of carboxylic acids is 1. The average molecular weight is 248 g/mol. The van der Waals surface area contributed by atoms with Crippen LogP contribution in [0.15, 0.2) is 12.1 Å². The summed E-state index contributed by atoms with van der Waals surface area (Å²) in [5.74, 6) is -1.87. The molecule has 18 heavy (non-hydrogen) atoms. The van der Waals surface area contributed by atoms with Gasteiger partial charge in [0.05, 0.1) is 0 Å². The first-order valence-corrected chi connectivity index (χ1v) is 6.00. The van der Waals surface area contributed by atoms with Crippen LogP contribution in [0.3, 0.4) is 0 Å². The molecule has 1 aromatic heterocycles. The molecule has 1 aliphatic heterocycles. The number of rotatable bonds is 1. The Bertz CT molecular complexity index is 497. The van der Waals surface area contributed by atoms with Crippen molar-refractivity contribution >= 4 is 11.9 Å². The monoisotopic (exact) mass is 248 g/mol. The molecule has 0 saturated heterocycles. The standard InChI is InChI=1S/C13H16N2O3/c1-8(2)10-4-3-9-7-15(12(16)13(17)18)6-5-11(9)14-10/h3-4,8H,5-7H2,1-2H3,(H,17,18). The summed E-state index contributed by atoms with van der Waals surface area (Å²) < 4.78 is 0. The zero-order chi connectivity index (χ0) is 13.3.